The molecule has 1 heterocycles. The Morgan fingerprint density at radius 3 is 2.81 bits per heavy atom. The third-order valence-corrected chi connectivity index (χ3v) is 3.63. The van der Waals surface area contributed by atoms with Crippen molar-refractivity contribution in [3.8, 4) is 0 Å². The van der Waals surface area contributed by atoms with E-state index in [0.717, 1.165) is 23.1 Å². The lowest BCUT2D eigenvalue weighted by atomic mass is 9.94. The molecule has 1 aliphatic heterocycles. The fraction of sp³-hybridized carbons (Fsp3) is 0.417. The maximum atomic E-state index is 11.8. The van der Waals surface area contributed by atoms with Gasteiger partial charge in [0.25, 0.3) is 0 Å². The number of halogens is 2. The standard InChI is InChI=1S/C12H13BrClNO/c13-10-2-1-9(12(14)5-10)4-11(16)3-8-6-15-7-8/h1-2,5,8,15H,3-4,6-7H2. The maximum absolute atomic E-state index is 11.8. The Kier molecular flexibility index (Phi) is 4.00. The average Bonchev–Trinajstić information content (AvgIpc) is 2.16. The van der Waals surface area contributed by atoms with Crippen LogP contribution in [0.3, 0.4) is 0 Å². The molecule has 2 rings (SSSR count). The molecule has 1 aromatic rings. The normalized spacial score (nSPS) is 15.9. The Morgan fingerprint density at radius 2 is 2.25 bits per heavy atom. The zero-order chi connectivity index (χ0) is 11.5. The van der Waals surface area contributed by atoms with Crippen molar-refractivity contribution in [1.29, 1.82) is 0 Å². The van der Waals surface area contributed by atoms with Crippen molar-refractivity contribution in [2.45, 2.75) is 12.8 Å². The molecule has 0 bridgehead atoms. The molecule has 1 aromatic carbocycles. The predicted octanol–water partition coefficient (Wildman–Crippen LogP) is 2.82. The monoisotopic (exact) mass is 301 g/mol. The van der Waals surface area contributed by atoms with E-state index in [2.05, 4.69) is 21.2 Å². The smallest absolute Gasteiger partial charge is 0.137 e. The molecule has 0 aromatic heterocycles. The summed E-state index contributed by atoms with van der Waals surface area (Å²) in [5.74, 6) is 0.803. The van der Waals surface area contributed by atoms with Gasteiger partial charge in [-0.3, -0.25) is 4.79 Å². The second kappa shape index (κ2) is 5.30. The minimum atomic E-state index is 0.274. The van der Waals surface area contributed by atoms with Gasteiger partial charge in [0.1, 0.15) is 5.78 Å². The third-order valence-electron chi connectivity index (χ3n) is 2.79. The fourth-order valence-corrected chi connectivity index (χ4v) is 2.50. The van der Waals surface area contributed by atoms with Gasteiger partial charge in [-0.25, -0.2) is 0 Å². The Hall–Kier alpha value is -0.380. The van der Waals surface area contributed by atoms with Gasteiger partial charge >= 0.3 is 0 Å². The van der Waals surface area contributed by atoms with E-state index in [1.807, 2.05) is 18.2 Å². The molecule has 0 spiro atoms. The van der Waals surface area contributed by atoms with Gasteiger partial charge in [-0.15, -0.1) is 0 Å². The molecule has 0 amide bonds. The maximum Gasteiger partial charge on any atom is 0.137 e. The Balaban J connectivity index is 1.94. The molecule has 0 saturated carbocycles. The number of nitrogens with one attached hydrogen (secondary N) is 1. The fourth-order valence-electron chi connectivity index (χ4n) is 1.76. The number of hydrogen-bond donors (Lipinski definition) is 1. The second-order valence-corrected chi connectivity index (χ2v) is 5.50. The summed E-state index contributed by atoms with van der Waals surface area (Å²) >= 11 is 9.41. The summed E-state index contributed by atoms with van der Waals surface area (Å²) in [5, 5.41) is 3.83. The molecule has 1 aliphatic rings. The van der Waals surface area contributed by atoms with E-state index in [9.17, 15) is 4.79 Å². The van der Waals surface area contributed by atoms with Crippen molar-refractivity contribution in [2.24, 2.45) is 5.92 Å². The first-order valence-electron chi connectivity index (χ1n) is 5.31. The number of hydrogen-bond acceptors (Lipinski definition) is 2. The predicted molar refractivity (Wildman–Crippen MR) is 68.8 cm³/mol. The molecule has 16 heavy (non-hydrogen) atoms. The van der Waals surface area contributed by atoms with Gasteiger partial charge in [0.15, 0.2) is 0 Å². The van der Waals surface area contributed by atoms with Crippen molar-refractivity contribution < 1.29 is 4.79 Å². The molecular formula is C12H13BrClNO. The summed E-state index contributed by atoms with van der Waals surface area (Å²) in [6, 6.07) is 5.65. The van der Waals surface area contributed by atoms with E-state index in [0.29, 0.717) is 23.8 Å². The first kappa shape index (κ1) is 12.1. The molecule has 2 nitrogen and oxygen atoms in total. The second-order valence-electron chi connectivity index (χ2n) is 4.18. The molecule has 1 N–H and O–H groups in total. The Bertz CT molecular complexity index is 404. The number of carbonyl (C=O) groups is 1. The van der Waals surface area contributed by atoms with Crippen LogP contribution < -0.4 is 5.32 Å². The quantitative estimate of drug-likeness (QED) is 0.926. The molecule has 0 radical (unpaired) electrons. The highest BCUT2D eigenvalue weighted by atomic mass is 79.9. The van der Waals surface area contributed by atoms with Gasteiger partial charge < -0.3 is 5.32 Å². The summed E-state index contributed by atoms with van der Waals surface area (Å²) in [7, 11) is 0. The highest BCUT2D eigenvalue weighted by Crippen LogP contribution is 2.22. The number of benzene rings is 1. The minimum Gasteiger partial charge on any atom is -0.316 e. The molecule has 0 unspecified atom stereocenters. The summed E-state index contributed by atoms with van der Waals surface area (Å²) < 4.78 is 0.942. The van der Waals surface area contributed by atoms with Crippen LogP contribution in [0.5, 0.6) is 0 Å². The van der Waals surface area contributed by atoms with E-state index in [1.165, 1.54) is 0 Å². The van der Waals surface area contributed by atoms with Crippen LogP contribution in [0.1, 0.15) is 12.0 Å². The van der Waals surface area contributed by atoms with Crippen molar-refractivity contribution in [2.75, 3.05) is 13.1 Å². The Morgan fingerprint density at radius 1 is 1.50 bits per heavy atom. The van der Waals surface area contributed by atoms with Crippen molar-refractivity contribution in [1.82, 2.24) is 5.32 Å². The SMILES string of the molecule is O=C(Cc1ccc(Br)cc1Cl)CC1CNC1. The first-order valence-corrected chi connectivity index (χ1v) is 6.48. The van der Waals surface area contributed by atoms with Gasteiger partial charge in [0.05, 0.1) is 0 Å². The topological polar surface area (TPSA) is 29.1 Å². The summed E-state index contributed by atoms with van der Waals surface area (Å²) in [6.45, 7) is 1.94. The first-order chi connectivity index (χ1) is 7.65. The summed E-state index contributed by atoms with van der Waals surface area (Å²) in [5.41, 5.74) is 0.919. The molecular weight excluding hydrogens is 289 g/mol. The van der Waals surface area contributed by atoms with E-state index in [-0.39, 0.29) is 5.78 Å². The minimum absolute atomic E-state index is 0.274. The highest BCUT2D eigenvalue weighted by Gasteiger charge is 2.20. The highest BCUT2D eigenvalue weighted by molar-refractivity contribution is 9.10. The molecule has 1 saturated heterocycles. The van der Waals surface area contributed by atoms with E-state index in [4.69, 9.17) is 11.6 Å². The molecule has 4 heteroatoms. The lowest BCUT2D eigenvalue weighted by molar-refractivity contribution is -0.119. The lowest BCUT2D eigenvalue weighted by Crippen LogP contribution is -2.43. The van der Waals surface area contributed by atoms with Gasteiger partial charge in [-0.1, -0.05) is 33.6 Å². The van der Waals surface area contributed by atoms with Crippen LogP contribution in [0.15, 0.2) is 22.7 Å². The van der Waals surface area contributed by atoms with Gasteiger partial charge in [0, 0.05) is 22.3 Å². The number of Topliss-reactive ketones (excluding diaryl/α,β-unsaturated/α-hetero) is 1. The average molecular weight is 303 g/mol. The van der Waals surface area contributed by atoms with Crippen LogP contribution in [-0.4, -0.2) is 18.9 Å². The number of ketones is 1. The molecule has 0 atom stereocenters. The van der Waals surface area contributed by atoms with Crippen LogP contribution in [0, 0.1) is 5.92 Å². The van der Waals surface area contributed by atoms with Crippen LogP contribution in [0.4, 0.5) is 0 Å². The number of rotatable bonds is 4. The van der Waals surface area contributed by atoms with Crippen molar-refractivity contribution in [3.63, 3.8) is 0 Å². The van der Waals surface area contributed by atoms with Gasteiger partial charge in [-0.05, 0) is 36.7 Å². The Labute approximate surface area is 108 Å². The summed E-state index contributed by atoms with van der Waals surface area (Å²) in [6.07, 6.45) is 1.11. The third kappa shape index (κ3) is 3.06. The molecule has 1 fully saturated rings. The van der Waals surface area contributed by atoms with Gasteiger partial charge in [0.2, 0.25) is 0 Å². The molecule has 0 aliphatic carbocycles. The van der Waals surface area contributed by atoms with Crippen molar-refractivity contribution >= 4 is 33.3 Å². The molecule has 86 valence electrons. The van der Waals surface area contributed by atoms with Gasteiger partial charge in [-0.2, -0.15) is 0 Å². The van der Waals surface area contributed by atoms with Crippen LogP contribution in [-0.2, 0) is 11.2 Å². The summed E-state index contributed by atoms with van der Waals surface area (Å²) in [4.78, 5) is 11.8. The van der Waals surface area contributed by atoms with E-state index < -0.39 is 0 Å². The van der Waals surface area contributed by atoms with Crippen LogP contribution >= 0.6 is 27.5 Å². The van der Waals surface area contributed by atoms with Crippen LogP contribution in [0.2, 0.25) is 5.02 Å². The lowest BCUT2D eigenvalue weighted by Gasteiger charge is -2.26. The zero-order valence-electron chi connectivity index (χ0n) is 8.80. The number of carbonyl (C=O) groups excluding carboxylic acids is 1. The van der Waals surface area contributed by atoms with Crippen LogP contribution in [0.25, 0.3) is 0 Å². The zero-order valence-corrected chi connectivity index (χ0v) is 11.1. The van der Waals surface area contributed by atoms with E-state index in [1.54, 1.807) is 0 Å². The van der Waals surface area contributed by atoms with Crippen molar-refractivity contribution in [3.05, 3.63) is 33.3 Å². The van der Waals surface area contributed by atoms with E-state index >= 15 is 0 Å². The largest absolute Gasteiger partial charge is 0.316 e.